The predicted octanol–water partition coefficient (Wildman–Crippen LogP) is 3.31. The SMILES string of the molecule is Ic1cncnc1Nc1ccc2c(c1)CCC2. The molecule has 1 aromatic carbocycles. The van der Waals surface area contributed by atoms with E-state index >= 15 is 0 Å². The molecule has 0 aliphatic heterocycles. The third kappa shape index (κ3) is 2.26. The average molecular weight is 337 g/mol. The van der Waals surface area contributed by atoms with Crippen LogP contribution in [-0.2, 0) is 12.8 Å². The van der Waals surface area contributed by atoms with E-state index in [4.69, 9.17) is 0 Å². The van der Waals surface area contributed by atoms with Gasteiger partial charge in [0.25, 0.3) is 0 Å². The van der Waals surface area contributed by atoms with Gasteiger partial charge in [0, 0.05) is 11.9 Å². The number of benzene rings is 1. The van der Waals surface area contributed by atoms with Gasteiger partial charge in [-0.25, -0.2) is 9.97 Å². The van der Waals surface area contributed by atoms with Crippen molar-refractivity contribution in [3.63, 3.8) is 0 Å². The molecule has 1 N–H and O–H groups in total. The third-order valence-corrected chi connectivity index (χ3v) is 3.82. The molecule has 4 heteroatoms. The largest absolute Gasteiger partial charge is 0.339 e. The molecule has 86 valence electrons. The molecule has 1 aliphatic rings. The maximum Gasteiger partial charge on any atom is 0.147 e. The van der Waals surface area contributed by atoms with E-state index < -0.39 is 0 Å². The van der Waals surface area contributed by atoms with Gasteiger partial charge in [-0.2, -0.15) is 0 Å². The Morgan fingerprint density at radius 3 is 2.94 bits per heavy atom. The van der Waals surface area contributed by atoms with Crippen LogP contribution in [0.4, 0.5) is 11.5 Å². The second kappa shape index (κ2) is 4.60. The number of fused-ring (bicyclic) bond motifs is 1. The maximum atomic E-state index is 4.24. The van der Waals surface area contributed by atoms with Crippen molar-refractivity contribution in [1.82, 2.24) is 9.97 Å². The van der Waals surface area contributed by atoms with E-state index in [1.54, 1.807) is 6.33 Å². The van der Waals surface area contributed by atoms with E-state index in [1.807, 2.05) is 6.20 Å². The Bertz CT molecular complexity index is 554. The molecular formula is C13H12IN3. The highest BCUT2D eigenvalue weighted by Crippen LogP contribution is 2.27. The van der Waals surface area contributed by atoms with Crippen molar-refractivity contribution in [2.45, 2.75) is 19.3 Å². The summed E-state index contributed by atoms with van der Waals surface area (Å²) in [5.41, 5.74) is 4.08. The van der Waals surface area contributed by atoms with Gasteiger partial charge >= 0.3 is 0 Å². The summed E-state index contributed by atoms with van der Waals surface area (Å²) in [6.07, 6.45) is 7.08. The fourth-order valence-corrected chi connectivity index (χ4v) is 2.63. The van der Waals surface area contributed by atoms with Gasteiger partial charge in [0.05, 0.1) is 3.57 Å². The summed E-state index contributed by atoms with van der Waals surface area (Å²) in [5, 5.41) is 3.34. The Hall–Kier alpha value is -1.17. The topological polar surface area (TPSA) is 37.8 Å². The van der Waals surface area contributed by atoms with Gasteiger partial charge in [-0.05, 0) is 65.1 Å². The first kappa shape index (κ1) is 11.0. The Labute approximate surface area is 114 Å². The van der Waals surface area contributed by atoms with Crippen molar-refractivity contribution < 1.29 is 0 Å². The average Bonchev–Trinajstić information content (AvgIpc) is 2.79. The smallest absolute Gasteiger partial charge is 0.147 e. The molecule has 0 fully saturated rings. The number of anilines is 2. The van der Waals surface area contributed by atoms with Crippen LogP contribution in [0, 0.1) is 3.57 Å². The van der Waals surface area contributed by atoms with E-state index in [1.165, 1.54) is 30.4 Å². The summed E-state index contributed by atoms with van der Waals surface area (Å²) in [4.78, 5) is 8.22. The van der Waals surface area contributed by atoms with E-state index in [2.05, 4.69) is 56.1 Å². The van der Waals surface area contributed by atoms with E-state index in [9.17, 15) is 0 Å². The van der Waals surface area contributed by atoms with Gasteiger partial charge in [-0.3, -0.25) is 0 Å². The first-order valence-corrected chi connectivity index (χ1v) is 6.75. The summed E-state index contributed by atoms with van der Waals surface area (Å²) < 4.78 is 1.03. The molecule has 3 nitrogen and oxygen atoms in total. The van der Waals surface area contributed by atoms with Crippen LogP contribution in [-0.4, -0.2) is 9.97 Å². The normalized spacial score (nSPS) is 13.5. The van der Waals surface area contributed by atoms with Crippen LogP contribution < -0.4 is 5.32 Å². The fraction of sp³-hybridized carbons (Fsp3) is 0.231. The molecule has 0 saturated heterocycles. The molecule has 0 bridgehead atoms. The molecule has 0 radical (unpaired) electrons. The number of rotatable bonds is 2. The molecule has 1 aliphatic carbocycles. The molecule has 3 rings (SSSR count). The van der Waals surface area contributed by atoms with E-state index in [0.29, 0.717) is 0 Å². The van der Waals surface area contributed by atoms with Gasteiger partial charge in [-0.1, -0.05) is 6.07 Å². The highest BCUT2D eigenvalue weighted by atomic mass is 127. The number of nitrogens with one attached hydrogen (secondary N) is 1. The highest BCUT2D eigenvalue weighted by Gasteiger charge is 2.11. The third-order valence-electron chi connectivity index (χ3n) is 3.03. The summed E-state index contributed by atoms with van der Waals surface area (Å²) in [6, 6.07) is 6.58. The van der Waals surface area contributed by atoms with Crippen LogP contribution >= 0.6 is 22.6 Å². The van der Waals surface area contributed by atoms with E-state index in [0.717, 1.165) is 15.1 Å². The molecule has 2 aromatic rings. The first-order valence-electron chi connectivity index (χ1n) is 5.67. The molecule has 0 amide bonds. The number of hydrogen-bond donors (Lipinski definition) is 1. The van der Waals surface area contributed by atoms with E-state index in [-0.39, 0.29) is 0 Å². The maximum absolute atomic E-state index is 4.24. The minimum atomic E-state index is 0.874. The second-order valence-corrected chi connectivity index (χ2v) is 5.34. The summed E-state index contributed by atoms with van der Waals surface area (Å²) >= 11 is 2.24. The number of aromatic nitrogens is 2. The first-order chi connectivity index (χ1) is 8.33. The van der Waals surface area contributed by atoms with Crippen LogP contribution in [0.5, 0.6) is 0 Å². The minimum absolute atomic E-state index is 0.874. The van der Waals surface area contributed by atoms with Crippen LogP contribution in [0.2, 0.25) is 0 Å². The molecule has 0 spiro atoms. The lowest BCUT2D eigenvalue weighted by molar-refractivity contribution is 0.912. The van der Waals surface area contributed by atoms with Gasteiger partial charge < -0.3 is 5.32 Å². The molecule has 1 aromatic heterocycles. The predicted molar refractivity (Wildman–Crippen MR) is 76.5 cm³/mol. The molecule has 1 heterocycles. The van der Waals surface area contributed by atoms with Gasteiger partial charge in [0.15, 0.2) is 0 Å². The zero-order valence-corrected chi connectivity index (χ0v) is 11.4. The van der Waals surface area contributed by atoms with Crippen molar-refractivity contribution in [3.8, 4) is 0 Å². The Morgan fingerprint density at radius 2 is 2.06 bits per heavy atom. The van der Waals surface area contributed by atoms with Crippen molar-refractivity contribution in [1.29, 1.82) is 0 Å². The highest BCUT2D eigenvalue weighted by molar-refractivity contribution is 14.1. The van der Waals surface area contributed by atoms with Gasteiger partial charge in [0.1, 0.15) is 12.1 Å². The number of hydrogen-bond acceptors (Lipinski definition) is 3. The molecule has 17 heavy (non-hydrogen) atoms. The van der Waals surface area contributed by atoms with Gasteiger partial charge in [-0.15, -0.1) is 0 Å². The number of nitrogens with zero attached hydrogens (tertiary/aromatic N) is 2. The van der Waals surface area contributed by atoms with Crippen LogP contribution in [0.3, 0.4) is 0 Å². The number of halogens is 1. The molecule has 0 atom stereocenters. The molecule has 0 saturated carbocycles. The monoisotopic (exact) mass is 337 g/mol. The van der Waals surface area contributed by atoms with Crippen LogP contribution in [0.1, 0.15) is 17.5 Å². The lowest BCUT2D eigenvalue weighted by atomic mass is 10.1. The summed E-state index contributed by atoms with van der Waals surface area (Å²) in [7, 11) is 0. The molecular weight excluding hydrogens is 325 g/mol. The lowest BCUT2D eigenvalue weighted by Gasteiger charge is -2.08. The van der Waals surface area contributed by atoms with Crippen LogP contribution in [0.15, 0.2) is 30.7 Å². The van der Waals surface area contributed by atoms with Crippen molar-refractivity contribution in [2.75, 3.05) is 5.32 Å². The zero-order chi connectivity index (χ0) is 11.7. The van der Waals surface area contributed by atoms with Crippen molar-refractivity contribution >= 4 is 34.1 Å². The lowest BCUT2D eigenvalue weighted by Crippen LogP contribution is -1.97. The summed E-state index contributed by atoms with van der Waals surface area (Å²) in [6.45, 7) is 0. The summed E-state index contributed by atoms with van der Waals surface area (Å²) in [5.74, 6) is 0.874. The Morgan fingerprint density at radius 1 is 1.18 bits per heavy atom. The zero-order valence-electron chi connectivity index (χ0n) is 9.28. The Balaban J connectivity index is 1.89. The quantitative estimate of drug-likeness (QED) is 0.855. The minimum Gasteiger partial charge on any atom is -0.339 e. The van der Waals surface area contributed by atoms with Crippen molar-refractivity contribution in [2.24, 2.45) is 0 Å². The van der Waals surface area contributed by atoms with Crippen LogP contribution in [0.25, 0.3) is 0 Å². The Kier molecular flexibility index (Phi) is 2.96. The molecule has 0 unspecified atom stereocenters. The standard InChI is InChI=1S/C13H12IN3/c14-12-7-15-8-16-13(12)17-11-5-4-9-2-1-3-10(9)6-11/h4-8H,1-3H2,(H,15,16,17). The number of aryl methyl sites for hydroxylation is 2. The second-order valence-electron chi connectivity index (χ2n) is 4.18. The van der Waals surface area contributed by atoms with Gasteiger partial charge in [0.2, 0.25) is 0 Å². The fourth-order valence-electron chi connectivity index (χ4n) is 2.19. The van der Waals surface area contributed by atoms with Crippen molar-refractivity contribution in [3.05, 3.63) is 45.4 Å².